The maximum absolute atomic E-state index is 14.9. The number of amides is 1. The Balaban J connectivity index is 0.00000151. The highest BCUT2D eigenvalue weighted by Crippen LogP contribution is 2.30. The minimum Gasteiger partial charge on any atom is -0.444 e. The first kappa shape index (κ1) is 20.9. The molecule has 0 bridgehead atoms. The molecule has 1 amide bonds. The molecule has 1 fully saturated rings. The first-order valence-corrected chi connectivity index (χ1v) is 8.73. The zero-order chi connectivity index (χ0) is 19.1. The van der Waals surface area contributed by atoms with Gasteiger partial charge in [0, 0.05) is 31.4 Å². The van der Waals surface area contributed by atoms with Crippen molar-refractivity contribution in [3.63, 3.8) is 0 Å². The summed E-state index contributed by atoms with van der Waals surface area (Å²) < 4.78 is 20.2. The number of nitriles is 1. The van der Waals surface area contributed by atoms with Crippen LogP contribution in [0, 0.1) is 11.3 Å². The van der Waals surface area contributed by atoms with Crippen LogP contribution in [-0.2, 0) is 11.2 Å². The standard InChI is InChI=1S/C17H22FN3O2.C2H6/c1-16(2,3)23-15(22)21-8-6-17(18,7-9-21)10-14-5-4-13(11-19)12-20-14;1-2/h4-5,12H,6-10H2,1-3H3;1-2H3. The van der Waals surface area contributed by atoms with Crippen molar-refractivity contribution in [2.24, 2.45) is 0 Å². The van der Waals surface area contributed by atoms with Crippen molar-refractivity contribution >= 4 is 6.09 Å². The summed E-state index contributed by atoms with van der Waals surface area (Å²) in [5.41, 5.74) is -0.841. The summed E-state index contributed by atoms with van der Waals surface area (Å²) in [5, 5.41) is 8.75. The molecule has 0 aliphatic carbocycles. The number of nitrogens with zero attached hydrogens (tertiary/aromatic N) is 3. The van der Waals surface area contributed by atoms with E-state index in [1.165, 1.54) is 6.20 Å². The van der Waals surface area contributed by atoms with E-state index < -0.39 is 17.4 Å². The topological polar surface area (TPSA) is 66.2 Å². The molecule has 6 heteroatoms. The molecule has 1 aromatic heterocycles. The van der Waals surface area contributed by atoms with Gasteiger partial charge in [-0.2, -0.15) is 5.26 Å². The summed E-state index contributed by atoms with van der Waals surface area (Å²) in [6, 6.07) is 5.31. The number of rotatable bonds is 2. The fraction of sp³-hybridized carbons (Fsp3) is 0.632. The molecule has 0 atom stereocenters. The number of likely N-dealkylation sites (tertiary alicyclic amines) is 1. The third kappa shape index (κ3) is 6.69. The summed E-state index contributed by atoms with van der Waals surface area (Å²) in [4.78, 5) is 17.7. The van der Waals surface area contributed by atoms with Gasteiger partial charge in [-0.25, -0.2) is 9.18 Å². The average molecular weight is 349 g/mol. The predicted octanol–water partition coefficient (Wildman–Crippen LogP) is 4.26. The zero-order valence-corrected chi connectivity index (χ0v) is 15.8. The van der Waals surface area contributed by atoms with E-state index in [2.05, 4.69) is 4.98 Å². The maximum atomic E-state index is 14.9. The van der Waals surface area contributed by atoms with E-state index in [0.717, 1.165) is 0 Å². The third-order valence-corrected chi connectivity index (χ3v) is 3.76. The molecule has 1 aliphatic rings. The molecule has 0 unspecified atom stereocenters. The number of halogens is 1. The lowest BCUT2D eigenvalue weighted by molar-refractivity contribution is 0.00322. The summed E-state index contributed by atoms with van der Waals surface area (Å²) >= 11 is 0. The number of carbonyl (C=O) groups is 1. The van der Waals surface area contributed by atoms with Crippen LogP contribution in [0.1, 0.15) is 58.7 Å². The minimum atomic E-state index is -1.38. The lowest BCUT2D eigenvalue weighted by Crippen LogP contribution is -2.47. The van der Waals surface area contributed by atoms with Crippen molar-refractivity contribution in [2.45, 2.75) is 65.2 Å². The fourth-order valence-corrected chi connectivity index (χ4v) is 2.51. The Kier molecular flexibility index (Phi) is 7.35. The molecule has 1 saturated heterocycles. The molecule has 2 heterocycles. The van der Waals surface area contributed by atoms with Crippen molar-refractivity contribution in [1.29, 1.82) is 5.26 Å². The van der Waals surface area contributed by atoms with E-state index in [1.807, 2.05) is 40.7 Å². The molecule has 2 rings (SSSR count). The molecule has 0 radical (unpaired) electrons. The third-order valence-electron chi connectivity index (χ3n) is 3.76. The van der Waals surface area contributed by atoms with Gasteiger partial charge in [0.1, 0.15) is 17.3 Å². The lowest BCUT2D eigenvalue weighted by atomic mass is 9.88. The Bertz CT molecular complexity index is 595. The van der Waals surface area contributed by atoms with Crippen molar-refractivity contribution in [3.05, 3.63) is 29.6 Å². The highest BCUT2D eigenvalue weighted by molar-refractivity contribution is 5.68. The lowest BCUT2D eigenvalue weighted by Gasteiger charge is -2.36. The molecule has 0 aromatic carbocycles. The van der Waals surface area contributed by atoms with Crippen LogP contribution in [0.4, 0.5) is 9.18 Å². The number of ether oxygens (including phenoxy) is 1. The van der Waals surface area contributed by atoms with E-state index >= 15 is 0 Å². The number of hydrogen-bond acceptors (Lipinski definition) is 4. The number of aromatic nitrogens is 1. The van der Waals surface area contributed by atoms with Crippen LogP contribution in [-0.4, -0.2) is 40.3 Å². The SMILES string of the molecule is CC.CC(C)(C)OC(=O)N1CCC(F)(Cc2ccc(C#N)cn2)CC1. The largest absolute Gasteiger partial charge is 0.444 e. The van der Waals surface area contributed by atoms with E-state index in [1.54, 1.807) is 17.0 Å². The molecule has 1 aromatic rings. The fourth-order valence-electron chi connectivity index (χ4n) is 2.51. The predicted molar refractivity (Wildman–Crippen MR) is 94.9 cm³/mol. The summed E-state index contributed by atoms with van der Waals surface area (Å²) in [6.07, 6.45) is 1.77. The van der Waals surface area contributed by atoms with Crippen LogP contribution < -0.4 is 0 Å². The van der Waals surface area contributed by atoms with Crippen molar-refractivity contribution in [3.8, 4) is 6.07 Å². The molecular weight excluding hydrogens is 321 g/mol. The number of carbonyl (C=O) groups excluding carboxylic acids is 1. The van der Waals surface area contributed by atoms with Gasteiger partial charge in [-0.1, -0.05) is 13.8 Å². The molecule has 25 heavy (non-hydrogen) atoms. The van der Waals surface area contributed by atoms with Crippen LogP contribution in [0.3, 0.4) is 0 Å². The second-order valence-electron chi connectivity index (χ2n) is 6.95. The van der Waals surface area contributed by atoms with Gasteiger partial charge in [-0.05, 0) is 45.7 Å². The smallest absolute Gasteiger partial charge is 0.410 e. The van der Waals surface area contributed by atoms with Crippen LogP contribution in [0.25, 0.3) is 0 Å². The van der Waals surface area contributed by atoms with Crippen LogP contribution in [0.5, 0.6) is 0 Å². The molecule has 0 saturated carbocycles. The van der Waals surface area contributed by atoms with E-state index in [-0.39, 0.29) is 19.3 Å². The van der Waals surface area contributed by atoms with Crippen molar-refractivity contribution < 1.29 is 13.9 Å². The maximum Gasteiger partial charge on any atom is 0.410 e. The quantitative estimate of drug-likeness (QED) is 0.800. The van der Waals surface area contributed by atoms with Gasteiger partial charge in [0.15, 0.2) is 0 Å². The molecule has 0 N–H and O–H groups in total. The van der Waals surface area contributed by atoms with Gasteiger partial charge in [-0.15, -0.1) is 0 Å². The van der Waals surface area contributed by atoms with Gasteiger partial charge in [-0.3, -0.25) is 4.98 Å². The highest BCUT2D eigenvalue weighted by atomic mass is 19.1. The Morgan fingerprint density at radius 2 is 1.96 bits per heavy atom. The average Bonchev–Trinajstić information content (AvgIpc) is 2.56. The van der Waals surface area contributed by atoms with Crippen LogP contribution in [0.15, 0.2) is 18.3 Å². The Labute approximate surface area is 149 Å². The Hall–Kier alpha value is -2.16. The Morgan fingerprint density at radius 3 is 2.40 bits per heavy atom. The van der Waals surface area contributed by atoms with Crippen molar-refractivity contribution in [2.75, 3.05) is 13.1 Å². The molecule has 1 aliphatic heterocycles. The van der Waals surface area contributed by atoms with E-state index in [9.17, 15) is 9.18 Å². The van der Waals surface area contributed by atoms with E-state index in [4.69, 9.17) is 10.00 Å². The number of pyridine rings is 1. The normalized spacial score (nSPS) is 16.3. The van der Waals surface area contributed by atoms with Crippen molar-refractivity contribution in [1.82, 2.24) is 9.88 Å². The second kappa shape index (κ2) is 8.80. The van der Waals surface area contributed by atoms with Gasteiger partial charge >= 0.3 is 6.09 Å². The first-order valence-electron chi connectivity index (χ1n) is 8.73. The minimum absolute atomic E-state index is 0.195. The zero-order valence-electron chi connectivity index (χ0n) is 15.8. The molecule has 138 valence electrons. The van der Waals surface area contributed by atoms with Gasteiger partial charge < -0.3 is 9.64 Å². The summed E-state index contributed by atoms with van der Waals surface area (Å²) in [5.74, 6) is 0. The summed E-state index contributed by atoms with van der Waals surface area (Å²) in [7, 11) is 0. The number of alkyl halides is 1. The summed E-state index contributed by atoms with van der Waals surface area (Å²) in [6.45, 7) is 10.1. The Morgan fingerprint density at radius 1 is 1.36 bits per heavy atom. The molecular formula is C19H28FN3O2. The number of piperidine rings is 1. The first-order chi connectivity index (χ1) is 11.7. The van der Waals surface area contributed by atoms with E-state index in [0.29, 0.717) is 24.3 Å². The van der Waals surface area contributed by atoms with Crippen LogP contribution in [0.2, 0.25) is 0 Å². The van der Waals surface area contributed by atoms with Gasteiger partial charge in [0.2, 0.25) is 0 Å². The molecule has 0 spiro atoms. The second-order valence-corrected chi connectivity index (χ2v) is 6.95. The van der Waals surface area contributed by atoms with Gasteiger partial charge in [0.25, 0.3) is 0 Å². The monoisotopic (exact) mass is 349 g/mol. The number of hydrogen-bond donors (Lipinski definition) is 0. The van der Waals surface area contributed by atoms with Crippen LogP contribution >= 0.6 is 0 Å². The highest BCUT2D eigenvalue weighted by Gasteiger charge is 2.37. The molecule has 5 nitrogen and oxygen atoms in total. The van der Waals surface area contributed by atoms with Gasteiger partial charge in [0.05, 0.1) is 5.56 Å².